The number of esters is 1. The molecule has 4 aromatic rings. The van der Waals surface area contributed by atoms with Crippen molar-refractivity contribution in [2.24, 2.45) is 0 Å². The molecule has 0 saturated heterocycles. The Morgan fingerprint density at radius 3 is 2.26 bits per heavy atom. The molecule has 5 rings (SSSR count). The fraction of sp³-hybridized carbons (Fsp3) is 0.219. The number of H-pyrrole nitrogens is 1. The number of rotatable bonds is 9. The van der Waals surface area contributed by atoms with Crippen molar-refractivity contribution >= 4 is 34.6 Å². The molecule has 3 N–H and O–H groups in total. The van der Waals surface area contributed by atoms with E-state index >= 15 is 0 Å². The average Bonchev–Trinajstić information content (AvgIpc) is 3.44. The lowest BCUT2D eigenvalue weighted by Crippen LogP contribution is -2.38. The number of fused-ring (bicyclic) bond motifs is 1. The van der Waals surface area contributed by atoms with Gasteiger partial charge in [0, 0.05) is 38.0 Å². The molecule has 2 amide bonds. The Labute approximate surface area is 243 Å². The summed E-state index contributed by atoms with van der Waals surface area (Å²) in [5.41, 5.74) is 1.17. The second kappa shape index (κ2) is 12.1. The van der Waals surface area contributed by atoms with Crippen molar-refractivity contribution in [3.8, 4) is 11.4 Å². The van der Waals surface area contributed by atoms with E-state index in [0.29, 0.717) is 41.5 Å². The van der Waals surface area contributed by atoms with Gasteiger partial charge in [-0.2, -0.15) is 0 Å². The van der Waals surface area contributed by atoms with Gasteiger partial charge in [-0.15, -0.1) is 0 Å². The number of carbonyl (C=O) groups is 3. The van der Waals surface area contributed by atoms with Gasteiger partial charge in [0.1, 0.15) is 22.6 Å². The van der Waals surface area contributed by atoms with Crippen LogP contribution in [0.5, 0.6) is 0 Å². The molecule has 0 aliphatic carbocycles. The van der Waals surface area contributed by atoms with E-state index in [9.17, 15) is 14.4 Å². The third-order valence-electron chi connectivity index (χ3n) is 6.70. The van der Waals surface area contributed by atoms with E-state index in [1.54, 1.807) is 44.5 Å². The number of aromatic nitrogens is 3. The average molecular weight is 565 g/mol. The second-order valence-corrected chi connectivity index (χ2v) is 10.1. The van der Waals surface area contributed by atoms with Crippen LogP contribution in [0.2, 0.25) is 0 Å². The Hall–Kier alpha value is -5.25. The molecular formula is C32H32N6O4. The largest absolute Gasteiger partial charge is 0.462 e. The standard InChI is InChI=1S/C32H32N6O4/c1-21(2)42-31(41)32(24-12-8-5-9-13-24)14-18-38(19-15-32)30(40)26-20-25-28(34-17-16-33-22(3)39)36-27(37-29(25)35-26)23-10-6-4-7-11-23/h4-15,18-21H,16-17H2,1-3H3,(H,33,39)(H2,34,35,36,37). The minimum absolute atomic E-state index is 0.125. The molecule has 42 heavy (non-hydrogen) atoms. The van der Waals surface area contributed by atoms with Gasteiger partial charge in [-0.25, -0.2) is 9.97 Å². The Bertz CT molecular complexity index is 1650. The molecule has 1 aliphatic rings. The maximum atomic E-state index is 13.6. The molecule has 2 aromatic heterocycles. The van der Waals surface area contributed by atoms with Crippen LogP contribution in [-0.2, 0) is 19.7 Å². The first-order chi connectivity index (χ1) is 20.3. The third kappa shape index (κ3) is 5.92. The lowest BCUT2D eigenvalue weighted by molar-refractivity contribution is -0.150. The molecule has 0 saturated carbocycles. The van der Waals surface area contributed by atoms with E-state index in [2.05, 4.69) is 20.6 Å². The highest BCUT2D eigenvalue weighted by atomic mass is 16.5. The van der Waals surface area contributed by atoms with Crippen LogP contribution in [0.3, 0.4) is 0 Å². The second-order valence-electron chi connectivity index (χ2n) is 10.1. The van der Waals surface area contributed by atoms with Crippen molar-refractivity contribution in [3.05, 3.63) is 103 Å². The van der Waals surface area contributed by atoms with E-state index in [0.717, 1.165) is 11.1 Å². The summed E-state index contributed by atoms with van der Waals surface area (Å²) in [6, 6.07) is 20.5. The number of ether oxygens (including phenoxy) is 1. The molecule has 10 nitrogen and oxygen atoms in total. The van der Waals surface area contributed by atoms with E-state index in [1.165, 1.54) is 11.8 Å². The molecule has 2 aromatic carbocycles. The van der Waals surface area contributed by atoms with Gasteiger partial charge in [0.25, 0.3) is 5.91 Å². The van der Waals surface area contributed by atoms with Crippen molar-refractivity contribution < 1.29 is 19.1 Å². The van der Waals surface area contributed by atoms with Gasteiger partial charge in [-0.05, 0) is 37.6 Å². The molecule has 0 radical (unpaired) electrons. The molecule has 3 heterocycles. The van der Waals surface area contributed by atoms with E-state index < -0.39 is 11.4 Å². The molecule has 214 valence electrons. The minimum atomic E-state index is -1.16. The Morgan fingerprint density at radius 2 is 1.62 bits per heavy atom. The van der Waals surface area contributed by atoms with E-state index in [-0.39, 0.29) is 17.9 Å². The van der Waals surface area contributed by atoms with Crippen LogP contribution in [0, 0.1) is 0 Å². The highest BCUT2D eigenvalue weighted by molar-refractivity contribution is 6.01. The van der Waals surface area contributed by atoms with Crippen LogP contribution >= 0.6 is 0 Å². The zero-order valence-corrected chi connectivity index (χ0v) is 23.6. The summed E-state index contributed by atoms with van der Waals surface area (Å²) in [5, 5.41) is 6.63. The molecule has 0 spiro atoms. The van der Waals surface area contributed by atoms with Crippen LogP contribution in [0.25, 0.3) is 22.4 Å². The fourth-order valence-corrected chi connectivity index (χ4v) is 4.64. The summed E-state index contributed by atoms with van der Waals surface area (Å²) in [4.78, 5) is 52.1. The van der Waals surface area contributed by atoms with Crippen LogP contribution in [0.1, 0.15) is 36.8 Å². The number of amides is 2. The van der Waals surface area contributed by atoms with Crippen LogP contribution < -0.4 is 10.6 Å². The van der Waals surface area contributed by atoms with Gasteiger partial charge in [0.05, 0.1) is 11.5 Å². The topological polar surface area (TPSA) is 129 Å². The van der Waals surface area contributed by atoms with Gasteiger partial charge in [0.2, 0.25) is 5.91 Å². The Kier molecular flexibility index (Phi) is 8.14. The molecule has 0 atom stereocenters. The lowest BCUT2D eigenvalue weighted by Gasteiger charge is -2.31. The summed E-state index contributed by atoms with van der Waals surface area (Å²) in [6.07, 6.45) is 6.21. The van der Waals surface area contributed by atoms with Crippen LogP contribution in [-0.4, -0.2) is 56.8 Å². The Balaban J connectivity index is 1.46. The normalized spacial score (nSPS) is 13.8. The van der Waals surface area contributed by atoms with Crippen molar-refractivity contribution in [1.82, 2.24) is 25.2 Å². The summed E-state index contributed by atoms with van der Waals surface area (Å²) in [7, 11) is 0. The summed E-state index contributed by atoms with van der Waals surface area (Å²) >= 11 is 0. The number of hydrogen-bond acceptors (Lipinski definition) is 7. The maximum absolute atomic E-state index is 13.6. The quantitative estimate of drug-likeness (QED) is 0.201. The summed E-state index contributed by atoms with van der Waals surface area (Å²) in [6.45, 7) is 5.89. The fourth-order valence-electron chi connectivity index (χ4n) is 4.64. The van der Waals surface area contributed by atoms with E-state index in [4.69, 9.17) is 9.72 Å². The number of nitrogens with zero attached hydrogens (tertiary/aromatic N) is 3. The highest BCUT2D eigenvalue weighted by Gasteiger charge is 2.40. The number of carbonyl (C=O) groups excluding carboxylic acids is 3. The van der Waals surface area contributed by atoms with Gasteiger partial charge in [-0.3, -0.25) is 19.3 Å². The molecule has 0 unspecified atom stereocenters. The lowest BCUT2D eigenvalue weighted by atomic mass is 9.79. The molecular weight excluding hydrogens is 532 g/mol. The highest BCUT2D eigenvalue weighted by Crippen LogP contribution is 2.34. The van der Waals surface area contributed by atoms with Gasteiger partial charge in [0.15, 0.2) is 5.82 Å². The zero-order valence-electron chi connectivity index (χ0n) is 23.6. The van der Waals surface area contributed by atoms with Crippen molar-refractivity contribution in [2.75, 3.05) is 18.4 Å². The first kappa shape index (κ1) is 28.3. The van der Waals surface area contributed by atoms with Gasteiger partial charge < -0.3 is 20.4 Å². The first-order valence-corrected chi connectivity index (χ1v) is 13.7. The van der Waals surface area contributed by atoms with Crippen LogP contribution in [0.4, 0.5) is 5.82 Å². The number of nitrogens with one attached hydrogen (secondary N) is 3. The van der Waals surface area contributed by atoms with Crippen molar-refractivity contribution in [1.29, 1.82) is 0 Å². The SMILES string of the molecule is CC(=O)NCCNc1nc(-c2ccccc2)nc2[nH]c(C(=O)N3C=CC(C(=O)OC(C)C)(c4ccccc4)C=C3)cc12. The predicted molar refractivity (Wildman–Crippen MR) is 160 cm³/mol. The van der Waals surface area contributed by atoms with Crippen molar-refractivity contribution in [3.63, 3.8) is 0 Å². The zero-order chi connectivity index (χ0) is 29.7. The number of benzene rings is 2. The minimum Gasteiger partial charge on any atom is -0.462 e. The first-order valence-electron chi connectivity index (χ1n) is 13.7. The molecule has 10 heteroatoms. The summed E-state index contributed by atoms with van der Waals surface area (Å²) in [5.74, 6) is 0.127. The molecule has 0 fully saturated rings. The number of aromatic amines is 1. The third-order valence-corrected chi connectivity index (χ3v) is 6.70. The maximum Gasteiger partial charge on any atom is 0.324 e. The predicted octanol–water partition coefficient (Wildman–Crippen LogP) is 4.55. The van der Waals surface area contributed by atoms with Crippen LogP contribution in [0.15, 0.2) is 91.3 Å². The van der Waals surface area contributed by atoms with E-state index in [1.807, 2.05) is 60.7 Å². The van der Waals surface area contributed by atoms with Gasteiger partial charge >= 0.3 is 5.97 Å². The number of anilines is 1. The smallest absolute Gasteiger partial charge is 0.324 e. The Morgan fingerprint density at radius 1 is 0.952 bits per heavy atom. The monoisotopic (exact) mass is 564 g/mol. The number of hydrogen-bond donors (Lipinski definition) is 3. The molecule has 1 aliphatic heterocycles. The molecule has 0 bridgehead atoms. The summed E-state index contributed by atoms with van der Waals surface area (Å²) < 4.78 is 5.59. The van der Waals surface area contributed by atoms with Gasteiger partial charge in [-0.1, -0.05) is 60.7 Å². The van der Waals surface area contributed by atoms with Crippen molar-refractivity contribution in [2.45, 2.75) is 32.3 Å².